The number of H-pyrrole nitrogens is 1. The van der Waals surface area contributed by atoms with Gasteiger partial charge in [-0.2, -0.15) is 12.6 Å². The number of hydrogen-bond acceptors (Lipinski definition) is 7. The van der Waals surface area contributed by atoms with Crippen molar-refractivity contribution in [2.24, 2.45) is 5.73 Å². The number of nitrogens with one attached hydrogen (secondary N) is 4. The van der Waals surface area contributed by atoms with Crippen LogP contribution in [0.25, 0.3) is 10.9 Å². The molecule has 12 nitrogen and oxygen atoms in total. The van der Waals surface area contributed by atoms with Crippen molar-refractivity contribution in [2.75, 3.05) is 12.3 Å². The standard InChI is InChI=1S/C21H27N5O7S/c22-13(7-11-8-23-14-4-2-1-3-12(11)14)19(30)24-9-17(27)25-15(5-6-18(28)29)20(31)26-16(10-34)21(32)33/h1-4,8,13,15-16,23,34H,5-7,9-10,22H2,(H,24,30)(H,25,27)(H,26,31)(H,28,29)(H,32,33). The van der Waals surface area contributed by atoms with E-state index in [4.69, 9.17) is 15.9 Å². The Balaban J connectivity index is 1.91. The molecule has 184 valence electrons. The number of rotatable bonds is 13. The molecule has 3 unspecified atom stereocenters. The highest BCUT2D eigenvalue weighted by Gasteiger charge is 2.26. The predicted octanol–water partition coefficient (Wildman–Crippen LogP) is -0.997. The summed E-state index contributed by atoms with van der Waals surface area (Å²) in [6.45, 7) is -0.508. The van der Waals surface area contributed by atoms with Crippen molar-refractivity contribution in [3.8, 4) is 0 Å². The highest BCUT2D eigenvalue weighted by Crippen LogP contribution is 2.18. The van der Waals surface area contributed by atoms with Gasteiger partial charge >= 0.3 is 11.9 Å². The third kappa shape index (κ3) is 7.78. The fourth-order valence-corrected chi connectivity index (χ4v) is 3.42. The molecule has 8 N–H and O–H groups in total. The maximum atomic E-state index is 12.4. The van der Waals surface area contributed by atoms with Crippen molar-refractivity contribution in [1.82, 2.24) is 20.9 Å². The Bertz CT molecular complexity index is 1060. The number of aliphatic carboxylic acids is 2. The molecule has 13 heteroatoms. The van der Waals surface area contributed by atoms with Gasteiger partial charge in [0.15, 0.2) is 0 Å². The van der Waals surface area contributed by atoms with Crippen molar-refractivity contribution >= 4 is 53.2 Å². The van der Waals surface area contributed by atoms with Gasteiger partial charge in [-0.05, 0) is 24.5 Å². The van der Waals surface area contributed by atoms with E-state index in [0.717, 1.165) is 16.5 Å². The van der Waals surface area contributed by atoms with Crippen molar-refractivity contribution in [3.63, 3.8) is 0 Å². The first-order valence-corrected chi connectivity index (χ1v) is 11.0. The van der Waals surface area contributed by atoms with Gasteiger partial charge in [0.1, 0.15) is 12.1 Å². The maximum Gasteiger partial charge on any atom is 0.327 e. The van der Waals surface area contributed by atoms with E-state index in [0.29, 0.717) is 0 Å². The molecule has 0 fully saturated rings. The van der Waals surface area contributed by atoms with Crippen LogP contribution in [0.15, 0.2) is 30.5 Å². The van der Waals surface area contributed by atoms with E-state index in [-0.39, 0.29) is 18.6 Å². The zero-order chi connectivity index (χ0) is 25.3. The lowest BCUT2D eigenvalue weighted by atomic mass is 10.1. The Kier molecular flexibility index (Phi) is 9.89. The van der Waals surface area contributed by atoms with Crippen LogP contribution in [0.5, 0.6) is 0 Å². The van der Waals surface area contributed by atoms with Crippen molar-refractivity contribution in [1.29, 1.82) is 0 Å². The molecule has 2 rings (SSSR count). The normalized spacial score (nSPS) is 13.5. The summed E-state index contributed by atoms with van der Waals surface area (Å²) in [5, 5.41) is 25.7. The largest absolute Gasteiger partial charge is 0.481 e. The highest BCUT2D eigenvalue weighted by molar-refractivity contribution is 7.80. The minimum atomic E-state index is -1.33. The number of nitrogens with two attached hydrogens (primary N) is 1. The Hall–Kier alpha value is -3.58. The van der Waals surface area contributed by atoms with E-state index in [1.54, 1.807) is 6.20 Å². The minimum Gasteiger partial charge on any atom is -0.481 e. The first-order valence-electron chi connectivity index (χ1n) is 10.4. The van der Waals surface area contributed by atoms with Crippen LogP contribution in [0.1, 0.15) is 18.4 Å². The van der Waals surface area contributed by atoms with Crippen LogP contribution in [-0.4, -0.2) is 75.3 Å². The van der Waals surface area contributed by atoms with Gasteiger partial charge in [0, 0.05) is 29.3 Å². The van der Waals surface area contributed by atoms with E-state index in [2.05, 4.69) is 33.6 Å². The molecular formula is C21H27N5O7S. The Morgan fingerprint density at radius 1 is 1.03 bits per heavy atom. The number of carboxylic acid groups (broad SMARTS) is 2. The molecule has 34 heavy (non-hydrogen) atoms. The molecule has 1 aromatic heterocycles. The number of carbonyl (C=O) groups is 5. The van der Waals surface area contributed by atoms with Gasteiger partial charge in [0.2, 0.25) is 17.7 Å². The molecule has 0 aliphatic carbocycles. The summed E-state index contributed by atoms with van der Waals surface area (Å²) >= 11 is 3.84. The third-order valence-corrected chi connectivity index (χ3v) is 5.34. The lowest BCUT2D eigenvalue weighted by Crippen LogP contribution is -2.54. The zero-order valence-corrected chi connectivity index (χ0v) is 19.0. The van der Waals surface area contributed by atoms with Crippen molar-refractivity contribution < 1.29 is 34.2 Å². The molecule has 1 heterocycles. The second kappa shape index (κ2) is 12.6. The van der Waals surface area contributed by atoms with Crippen LogP contribution in [-0.2, 0) is 30.4 Å². The van der Waals surface area contributed by atoms with Crippen molar-refractivity contribution in [2.45, 2.75) is 37.4 Å². The minimum absolute atomic E-state index is 0.203. The number of carbonyl (C=O) groups excluding carboxylic acids is 3. The van der Waals surface area contributed by atoms with Gasteiger partial charge in [-0.15, -0.1) is 0 Å². The lowest BCUT2D eigenvalue weighted by molar-refractivity contribution is -0.142. The van der Waals surface area contributed by atoms with E-state index in [9.17, 15) is 24.0 Å². The molecule has 0 radical (unpaired) electrons. The zero-order valence-electron chi connectivity index (χ0n) is 18.1. The molecule has 2 aromatic rings. The smallest absolute Gasteiger partial charge is 0.327 e. The third-order valence-electron chi connectivity index (χ3n) is 4.97. The summed E-state index contributed by atoms with van der Waals surface area (Å²) in [6, 6.07) is 3.94. The molecule has 0 spiro atoms. The summed E-state index contributed by atoms with van der Waals surface area (Å²) < 4.78 is 0. The summed E-state index contributed by atoms with van der Waals surface area (Å²) in [4.78, 5) is 62.1. The average Bonchev–Trinajstić information content (AvgIpc) is 3.20. The second-order valence-corrected chi connectivity index (χ2v) is 7.89. The number of thiol groups is 1. The van der Waals surface area contributed by atoms with E-state index >= 15 is 0 Å². The predicted molar refractivity (Wildman–Crippen MR) is 125 cm³/mol. The number of benzene rings is 1. The van der Waals surface area contributed by atoms with Crippen LogP contribution in [0.4, 0.5) is 0 Å². The van der Waals surface area contributed by atoms with Crippen LogP contribution in [0.3, 0.4) is 0 Å². The van der Waals surface area contributed by atoms with Crippen molar-refractivity contribution in [3.05, 3.63) is 36.0 Å². The fraction of sp³-hybridized carbons (Fsp3) is 0.381. The monoisotopic (exact) mass is 493 g/mol. The summed E-state index contributed by atoms with van der Waals surface area (Å²) in [5.41, 5.74) is 7.70. The number of amides is 3. The number of para-hydroxylation sites is 1. The first-order chi connectivity index (χ1) is 16.1. The Labute approximate surface area is 200 Å². The Morgan fingerprint density at radius 2 is 1.74 bits per heavy atom. The maximum absolute atomic E-state index is 12.4. The van der Waals surface area contributed by atoms with E-state index < -0.39 is 60.8 Å². The van der Waals surface area contributed by atoms with E-state index in [1.165, 1.54) is 0 Å². The first kappa shape index (κ1) is 26.7. The van der Waals surface area contributed by atoms with Crippen LogP contribution in [0.2, 0.25) is 0 Å². The Morgan fingerprint density at radius 3 is 2.38 bits per heavy atom. The average molecular weight is 494 g/mol. The molecule has 3 amide bonds. The topological polar surface area (TPSA) is 204 Å². The molecule has 0 bridgehead atoms. The number of hydrogen-bond donors (Lipinski definition) is 8. The number of fused-ring (bicyclic) bond motifs is 1. The second-order valence-electron chi connectivity index (χ2n) is 7.52. The number of carboxylic acids is 2. The number of aromatic amines is 1. The molecule has 1 aromatic carbocycles. The van der Waals surface area contributed by atoms with Crippen LogP contribution >= 0.6 is 12.6 Å². The lowest BCUT2D eigenvalue weighted by Gasteiger charge is -2.20. The molecule has 0 saturated heterocycles. The molecule has 0 saturated carbocycles. The van der Waals surface area contributed by atoms with Gasteiger partial charge in [-0.1, -0.05) is 18.2 Å². The van der Waals surface area contributed by atoms with Crippen LogP contribution in [0, 0.1) is 0 Å². The summed E-state index contributed by atoms with van der Waals surface area (Å²) in [7, 11) is 0. The van der Waals surface area contributed by atoms with Gasteiger partial charge in [0.25, 0.3) is 0 Å². The van der Waals surface area contributed by atoms with Gasteiger partial charge in [0.05, 0.1) is 12.6 Å². The fourth-order valence-electron chi connectivity index (χ4n) is 3.17. The summed E-state index contributed by atoms with van der Waals surface area (Å²) in [5.74, 6) is -4.97. The molecule has 0 aliphatic rings. The molecule has 0 aliphatic heterocycles. The van der Waals surface area contributed by atoms with Crippen LogP contribution < -0.4 is 21.7 Å². The summed E-state index contributed by atoms with van der Waals surface area (Å²) in [6.07, 6.45) is 1.26. The van der Waals surface area contributed by atoms with Gasteiger partial charge in [-0.25, -0.2) is 4.79 Å². The highest BCUT2D eigenvalue weighted by atomic mass is 32.1. The van der Waals surface area contributed by atoms with Gasteiger partial charge in [-0.3, -0.25) is 19.2 Å². The molecule has 3 atom stereocenters. The quantitative estimate of drug-likeness (QED) is 0.162. The van der Waals surface area contributed by atoms with Gasteiger partial charge < -0.3 is 36.9 Å². The molecular weight excluding hydrogens is 466 g/mol. The SMILES string of the molecule is NC(Cc1c[nH]c2ccccc12)C(=O)NCC(=O)NC(CCC(=O)O)C(=O)NC(CS)C(=O)O. The number of aromatic nitrogens is 1. The van der Waals surface area contributed by atoms with E-state index in [1.807, 2.05) is 24.3 Å².